The Morgan fingerprint density at radius 2 is 2.04 bits per heavy atom. The molecule has 28 heavy (non-hydrogen) atoms. The highest BCUT2D eigenvalue weighted by Crippen LogP contribution is 2.39. The molecule has 4 rings (SSSR count). The topological polar surface area (TPSA) is 50.2 Å². The van der Waals surface area contributed by atoms with Crippen LogP contribution in [-0.2, 0) is 7.05 Å². The highest BCUT2D eigenvalue weighted by atomic mass is 35.5. The smallest absolute Gasteiger partial charge is 0.263 e. The van der Waals surface area contributed by atoms with Gasteiger partial charge in [0.2, 0.25) is 0 Å². The summed E-state index contributed by atoms with van der Waals surface area (Å²) in [5.41, 5.74) is -0.152. The zero-order valence-electron chi connectivity index (χ0n) is 14.8. The van der Waals surface area contributed by atoms with Gasteiger partial charge in [0.1, 0.15) is 17.4 Å². The van der Waals surface area contributed by atoms with Gasteiger partial charge in [0.05, 0.1) is 33.9 Å². The van der Waals surface area contributed by atoms with Gasteiger partial charge in [-0.3, -0.25) is 4.79 Å². The van der Waals surface area contributed by atoms with Crippen LogP contribution in [0.5, 0.6) is 0 Å². The first-order chi connectivity index (χ1) is 13.4. The van der Waals surface area contributed by atoms with Crippen molar-refractivity contribution in [2.45, 2.75) is 12.6 Å². The van der Waals surface area contributed by atoms with Crippen molar-refractivity contribution in [1.82, 2.24) is 9.55 Å². The van der Waals surface area contributed by atoms with Crippen LogP contribution in [0.1, 0.15) is 6.42 Å². The molecule has 1 atom stereocenters. The first kappa shape index (κ1) is 18.6. The summed E-state index contributed by atoms with van der Waals surface area (Å²) in [6.45, 7) is 0.620. The molecule has 0 radical (unpaired) electrons. The number of fused-ring (bicyclic) bond motifs is 1. The SMILES string of the molecule is Cn1cnc2ccc(Nc3c(F)ccc(N4CCC(F)C4)c3Cl)c(F)c2c1=O. The van der Waals surface area contributed by atoms with E-state index in [9.17, 15) is 18.0 Å². The summed E-state index contributed by atoms with van der Waals surface area (Å²) in [5.74, 6) is -1.54. The molecule has 0 aliphatic carbocycles. The maximum Gasteiger partial charge on any atom is 0.263 e. The number of nitrogens with zero attached hydrogens (tertiary/aromatic N) is 3. The molecule has 0 saturated carbocycles. The minimum atomic E-state index is -0.973. The highest BCUT2D eigenvalue weighted by molar-refractivity contribution is 6.36. The van der Waals surface area contributed by atoms with Crippen LogP contribution in [0.15, 0.2) is 35.4 Å². The number of benzene rings is 2. The lowest BCUT2D eigenvalue weighted by Gasteiger charge is -2.21. The summed E-state index contributed by atoms with van der Waals surface area (Å²) in [5, 5.41) is 2.46. The van der Waals surface area contributed by atoms with Crippen molar-refractivity contribution in [3.8, 4) is 0 Å². The number of aryl methyl sites for hydroxylation is 1. The Bertz CT molecular complexity index is 1130. The molecule has 1 aromatic heterocycles. The van der Waals surface area contributed by atoms with Crippen LogP contribution < -0.4 is 15.8 Å². The Morgan fingerprint density at radius 1 is 1.25 bits per heavy atom. The van der Waals surface area contributed by atoms with Crippen molar-refractivity contribution in [2.24, 2.45) is 7.05 Å². The average molecular weight is 409 g/mol. The quantitative estimate of drug-likeness (QED) is 0.707. The second-order valence-corrected chi connectivity index (χ2v) is 7.07. The molecule has 146 valence electrons. The normalized spacial score (nSPS) is 16.8. The van der Waals surface area contributed by atoms with E-state index in [-0.39, 0.29) is 33.8 Å². The molecule has 2 aromatic carbocycles. The van der Waals surface area contributed by atoms with Crippen LogP contribution in [0.25, 0.3) is 10.9 Å². The number of hydrogen-bond donors (Lipinski definition) is 1. The summed E-state index contributed by atoms with van der Waals surface area (Å²) >= 11 is 6.35. The van der Waals surface area contributed by atoms with Gasteiger partial charge >= 0.3 is 0 Å². The van der Waals surface area contributed by atoms with Crippen LogP contribution in [-0.4, -0.2) is 28.8 Å². The van der Waals surface area contributed by atoms with E-state index in [0.717, 1.165) is 4.57 Å². The van der Waals surface area contributed by atoms with Gasteiger partial charge in [-0.2, -0.15) is 0 Å². The van der Waals surface area contributed by atoms with Crippen LogP contribution in [0.4, 0.5) is 30.2 Å². The van der Waals surface area contributed by atoms with Crippen molar-refractivity contribution in [2.75, 3.05) is 23.3 Å². The van der Waals surface area contributed by atoms with Crippen molar-refractivity contribution >= 4 is 39.6 Å². The lowest BCUT2D eigenvalue weighted by Crippen LogP contribution is -2.20. The Hall–Kier alpha value is -2.74. The molecule has 1 saturated heterocycles. The Labute approximate surface area is 163 Å². The molecule has 9 heteroatoms. The van der Waals surface area contributed by atoms with E-state index in [1.165, 1.54) is 37.6 Å². The van der Waals surface area contributed by atoms with Gasteiger partial charge in [0.15, 0.2) is 5.82 Å². The standard InChI is InChI=1S/C19H16ClF3N4O/c1-26-9-24-12-3-4-13(17(23)15(12)19(26)28)25-18-11(22)2-5-14(16(18)20)27-7-6-10(21)8-27/h2-5,9-10,25H,6-8H2,1H3. The van der Waals surface area contributed by atoms with Crippen LogP contribution in [0.3, 0.4) is 0 Å². The molecule has 3 aromatic rings. The fraction of sp³-hybridized carbons (Fsp3) is 0.263. The summed E-state index contributed by atoms with van der Waals surface area (Å²) < 4.78 is 44.1. The molecule has 1 N–H and O–H groups in total. The number of anilines is 3. The summed E-state index contributed by atoms with van der Waals surface area (Å²) in [6, 6.07) is 5.48. The summed E-state index contributed by atoms with van der Waals surface area (Å²) in [7, 11) is 1.46. The molecule has 0 amide bonds. The molecular weight excluding hydrogens is 393 g/mol. The van der Waals surface area contributed by atoms with Crippen molar-refractivity contribution < 1.29 is 13.2 Å². The molecule has 0 bridgehead atoms. The van der Waals surface area contributed by atoms with Crippen molar-refractivity contribution in [3.63, 3.8) is 0 Å². The Morgan fingerprint density at radius 3 is 2.75 bits per heavy atom. The second-order valence-electron chi connectivity index (χ2n) is 6.69. The van der Waals surface area contributed by atoms with Gasteiger partial charge in [-0.1, -0.05) is 11.6 Å². The van der Waals surface area contributed by atoms with E-state index in [1.54, 1.807) is 4.90 Å². The number of alkyl halides is 1. The maximum atomic E-state index is 15.0. The Kier molecular flexibility index (Phi) is 4.66. The number of hydrogen-bond acceptors (Lipinski definition) is 4. The molecule has 5 nitrogen and oxygen atoms in total. The lowest BCUT2D eigenvalue weighted by atomic mass is 10.2. The van der Waals surface area contributed by atoms with Crippen molar-refractivity contribution in [1.29, 1.82) is 0 Å². The first-order valence-electron chi connectivity index (χ1n) is 8.64. The number of rotatable bonds is 3. The zero-order valence-corrected chi connectivity index (χ0v) is 15.6. The van der Waals surface area contributed by atoms with Gasteiger partial charge in [-0.05, 0) is 30.7 Å². The number of nitrogens with one attached hydrogen (secondary N) is 1. The Balaban J connectivity index is 1.78. The van der Waals surface area contributed by atoms with E-state index >= 15 is 0 Å². The van der Waals surface area contributed by atoms with Gasteiger partial charge in [0.25, 0.3) is 5.56 Å². The minimum Gasteiger partial charge on any atom is -0.367 e. The predicted molar refractivity (Wildman–Crippen MR) is 103 cm³/mol. The van der Waals surface area contributed by atoms with Crippen LogP contribution in [0.2, 0.25) is 5.02 Å². The lowest BCUT2D eigenvalue weighted by molar-refractivity contribution is 0.364. The van der Waals surface area contributed by atoms with E-state index in [0.29, 0.717) is 18.7 Å². The first-order valence-corrected chi connectivity index (χ1v) is 9.02. The monoisotopic (exact) mass is 408 g/mol. The van der Waals surface area contributed by atoms with Crippen molar-refractivity contribution in [3.05, 3.63) is 57.6 Å². The fourth-order valence-electron chi connectivity index (χ4n) is 3.32. The second kappa shape index (κ2) is 7.01. The van der Waals surface area contributed by atoms with Gasteiger partial charge in [-0.15, -0.1) is 0 Å². The highest BCUT2D eigenvalue weighted by Gasteiger charge is 2.26. The zero-order chi connectivity index (χ0) is 20.0. The molecule has 2 heterocycles. The molecule has 0 spiro atoms. The van der Waals surface area contributed by atoms with E-state index in [1.807, 2.05) is 0 Å². The summed E-state index contributed by atoms with van der Waals surface area (Å²) in [4.78, 5) is 18.0. The van der Waals surface area contributed by atoms with Crippen LogP contribution >= 0.6 is 11.6 Å². The van der Waals surface area contributed by atoms with Gasteiger partial charge in [0, 0.05) is 20.1 Å². The third-order valence-electron chi connectivity index (χ3n) is 4.83. The molecular formula is C19H16ClF3N4O. The molecule has 1 aliphatic heterocycles. The third kappa shape index (κ3) is 3.07. The number of aromatic nitrogens is 2. The third-order valence-corrected chi connectivity index (χ3v) is 5.21. The summed E-state index contributed by atoms with van der Waals surface area (Å²) in [6.07, 6.45) is 0.691. The largest absolute Gasteiger partial charge is 0.367 e. The fourth-order valence-corrected chi connectivity index (χ4v) is 3.64. The predicted octanol–water partition coefficient (Wildman–Crippen LogP) is 4.16. The molecule has 1 fully saturated rings. The average Bonchev–Trinajstić information content (AvgIpc) is 3.09. The van der Waals surface area contributed by atoms with E-state index in [2.05, 4.69) is 10.3 Å². The van der Waals surface area contributed by atoms with Crippen LogP contribution in [0, 0.1) is 11.6 Å². The molecule has 1 unspecified atom stereocenters. The van der Waals surface area contributed by atoms with Gasteiger partial charge < -0.3 is 14.8 Å². The maximum absolute atomic E-state index is 15.0. The van der Waals surface area contributed by atoms with E-state index in [4.69, 9.17) is 11.6 Å². The van der Waals surface area contributed by atoms with Gasteiger partial charge in [-0.25, -0.2) is 18.2 Å². The minimum absolute atomic E-state index is 0.0210. The number of halogens is 4. The van der Waals surface area contributed by atoms with E-state index < -0.39 is 23.4 Å². The molecule has 1 aliphatic rings.